The molecule has 2 saturated heterocycles. The van der Waals surface area contributed by atoms with Crippen molar-refractivity contribution in [1.82, 2.24) is 14.3 Å². The first-order chi connectivity index (χ1) is 14.9. The quantitative estimate of drug-likeness (QED) is 0.713. The van der Waals surface area contributed by atoms with Gasteiger partial charge in [0.05, 0.1) is 24.7 Å². The van der Waals surface area contributed by atoms with E-state index < -0.39 is 15.6 Å². The molecule has 0 aromatic carbocycles. The van der Waals surface area contributed by atoms with Gasteiger partial charge in [-0.05, 0) is 53.4 Å². The Balaban J connectivity index is 1.57. The molecule has 2 atom stereocenters. The lowest BCUT2D eigenvalue weighted by molar-refractivity contribution is -0.134. The topological polar surface area (TPSA) is 114 Å². The summed E-state index contributed by atoms with van der Waals surface area (Å²) < 4.78 is 36.8. The van der Waals surface area contributed by atoms with Crippen LogP contribution in [0.1, 0.15) is 53.4 Å². The predicted molar refractivity (Wildman–Crippen MR) is 120 cm³/mol. The van der Waals surface area contributed by atoms with E-state index >= 15 is 0 Å². The average Bonchev–Trinajstić information content (AvgIpc) is 2.68. The Morgan fingerprint density at radius 2 is 1.78 bits per heavy atom. The van der Waals surface area contributed by atoms with Crippen LogP contribution < -0.4 is 15.0 Å². The fraction of sp³-hybridized carbons (Fsp3) is 0.762. The third-order valence-electron chi connectivity index (χ3n) is 6.36. The molecule has 3 aliphatic rings. The van der Waals surface area contributed by atoms with E-state index in [1.165, 1.54) is 10.6 Å². The summed E-state index contributed by atoms with van der Waals surface area (Å²) in [4.78, 5) is 24.2. The summed E-state index contributed by atoms with van der Waals surface area (Å²) in [5, 5.41) is 3.32. The van der Waals surface area contributed by atoms with E-state index in [9.17, 15) is 13.2 Å². The van der Waals surface area contributed by atoms with Crippen molar-refractivity contribution in [2.24, 2.45) is 0 Å². The first-order valence-corrected chi connectivity index (χ1v) is 13.1. The minimum atomic E-state index is -3.18. The van der Waals surface area contributed by atoms with E-state index in [1.807, 2.05) is 13.8 Å². The number of piperidine rings is 1. The van der Waals surface area contributed by atoms with Gasteiger partial charge in [0.2, 0.25) is 16.0 Å². The van der Waals surface area contributed by atoms with Gasteiger partial charge in [0.15, 0.2) is 17.2 Å². The molecule has 10 nitrogen and oxygen atoms in total. The third-order valence-corrected chi connectivity index (χ3v) is 7.66. The molecule has 2 unspecified atom stereocenters. The number of carbonyl (C=O) groups excluding carboxylic acids is 1. The van der Waals surface area contributed by atoms with Crippen LogP contribution in [0, 0.1) is 0 Å². The summed E-state index contributed by atoms with van der Waals surface area (Å²) in [5.74, 6) is 1.25. The molecule has 3 aliphatic heterocycles. The summed E-state index contributed by atoms with van der Waals surface area (Å²) in [6.45, 7) is 8.49. The van der Waals surface area contributed by atoms with Crippen LogP contribution in [-0.2, 0) is 19.6 Å². The zero-order valence-corrected chi connectivity index (χ0v) is 20.2. The summed E-state index contributed by atoms with van der Waals surface area (Å²) >= 11 is 0. The smallest absolute Gasteiger partial charge is 0.272 e. The zero-order chi connectivity index (χ0) is 23.3. The molecule has 1 aromatic heterocycles. The lowest BCUT2D eigenvalue weighted by atomic mass is 9.95. The van der Waals surface area contributed by atoms with Crippen molar-refractivity contribution < 1.29 is 22.7 Å². The van der Waals surface area contributed by atoms with Gasteiger partial charge < -0.3 is 14.8 Å². The van der Waals surface area contributed by atoms with Crippen LogP contribution in [0.4, 0.5) is 11.8 Å². The van der Waals surface area contributed by atoms with Gasteiger partial charge in [0, 0.05) is 25.2 Å². The molecule has 1 aromatic rings. The van der Waals surface area contributed by atoms with Gasteiger partial charge in [0.1, 0.15) is 0 Å². The Labute approximate surface area is 189 Å². The minimum Gasteiger partial charge on any atom is -0.472 e. The van der Waals surface area contributed by atoms with Crippen molar-refractivity contribution in [2.75, 3.05) is 29.6 Å². The molecule has 178 valence electrons. The molecule has 32 heavy (non-hydrogen) atoms. The lowest BCUT2D eigenvalue weighted by Crippen LogP contribution is -2.58. The number of hydrogen-bond acceptors (Lipinski definition) is 8. The molecule has 0 spiro atoms. The van der Waals surface area contributed by atoms with Crippen molar-refractivity contribution in [3.63, 3.8) is 0 Å². The molecule has 0 aliphatic carbocycles. The number of hydrogen-bond donors (Lipinski definition) is 1. The van der Waals surface area contributed by atoms with Crippen LogP contribution in [0.5, 0.6) is 5.75 Å². The average molecular weight is 468 g/mol. The second-order valence-corrected chi connectivity index (χ2v) is 11.6. The lowest BCUT2D eigenvalue weighted by Gasteiger charge is -2.44. The standard InChI is InChI=1S/C21H33N5O5S/c1-13-10-16(11-14(2)30-13)26-18-17(31-21(3,4)19(26)27)12-22-20(24-18)23-15-6-8-25(9-7-15)32(5,28)29/h12-16H,6-11H2,1-5H3,(H,22,23,24). The number of nitrogens with one attached hydrogen (secondary N) is 1. The number of aromatic nitrogens is 2. The van der Waals surface area contributed by atoms with Crippen LogP contribution in [-0.4, -0.2) is 77.8 Å². The van der Waals surface area contributed by atoms with Crippen LogP contribution >= 0.6 is 0 Å². The number of carbonyl (C=O) groups is 1. The van der Waals surface area contributed by atoms with Gasteiger partial charge in [-0.1, -0.05) is 0 Å². The highest BCUT2D eigenvalue weighted by atomic mass is 32.2. The van der Waals surface area contributed by atoms with E-state index in [-0.39, 0.29) is 30.2 Å². The number of ether oxygens (including phenoxy) is 2. The van der Waals surface area contributed by atoms with Crippen molar-refractivity contribution in [2.45, 2.75) is 83.3 Å². The van der Waals surface area contributed by atoms with Crippen molar-refractivity contribution in [3.8, 4) is 5.75 Å². The van der Waals surface area contributed by atoms with Crippen LogP contribution in [0.15, 0.2) is 6.20 Å². The highest BCUT2D eigenvalue weighted by Gasteiger charge is 2.46. The highest BCUT2D eigenvalue weighted by molar-refractivity contribution is 7.88. The predicted octanol–water partition coefficient (Wildman–Crippen LogP) is 1.77. The second-order valence-electron chi connectivity index (χ2n) is 9.63. The summed E-state index contributed by atoms with van der Waals surface area (Å²) in [6.07, 6.45) is 5.71. The fourth-order valence-electron chi connectivity index (χ4n) is 4.81. The van der Waals surface area contributed by atoms with E-state index in [2.05, 4.69) is 15.3 Å². The van der Waals surface area contributed by atoms with Gasteiger partial charge in [-0.25, -0.2) is 17.7 Å². The maximum Gasteiger partial charge on any atom is 0.272 e. The number of fused-ring (bicyclic) bond motifs is 1. The Hall–Kier alpha value is -1.98. The van der Waals surface area contributed by atoms with Gasteiger partial charge in [0.25, 0.3) is 5.91 Å². The van der Waals surface area contributed by atoms with Gasteiger partial charge in [-0.15, -0.1) is 0 Å². The molecule has 0 radical (unpaired) electrons. The summed E-state index contributed by atoms with van der Waals surface area (Å²) in [5.41, 5.74) is -1.01. The van der Waals surface area contributed by atoms with Crippen molar-refractivity contribution in [3.05, 3.63) is 6.20 Å². The van der Waals surface area contributed by atoms with E-state index in [1.54, 1.807) is 24.9 Å². The Kier molecular flexibility index (Phi) is 6.10. The Morgan fingerprint density at radius 3 is 2.38 bits per heavy atom. The van der Waals surface area contributed by atoms with Gasteiger partial charge in [-0.3, -0.25) is 9.69 Å². The number of sulfonamides is 1. The molecule has 2 fully saturated rings. The van der Waals surface area contributed by atoms with Crippen LogP contribution in [0.3, 0.4) is 0 Å². The molecular weight excluding hydrogens is 434 g/mol. The molecule has 4 heterocycles. The monoisotopic (exact) mass is 467 g/mol. The SMILES string of the molecule is CC1CC(N2C(=O)C(C)(C)Oc3cnc(NC4CCN(S(C)(=O)=O)CC4)nc32)CC(C)O1. The molecule has 1 amide bonds. The maximum atomic E-state index is 13.4. The third kappa shape index (κ3) is 4.69. The normalized spacial score (nSPS) is 29.3. The first kappa shape index (κ1) is 23.2. The Bertz CT molecular complexity index is 967. The van der Waals surface area contributed by atoms with Crippen LogP contribution in [0.2, 0.25) is 0 Å². The molecule has 0 bridgehead atoms. The number of amides is 1. The number of anilines is 2. The molecule has 1 N–H and O–H groups in total. The highest BCUT2D eigenvalue weighted by Crippen LogP contribution is 2.40. The fourth-order valence-corrected chi connectivity index (χ4v) is 5.69. The van der Waals surface area contributed by atoms with E-state index in [0.717, 1.165) is 12.8 Å². The minimum absolute atomic E-state index is 0.0380. The van der Waals surface area contributed by atoms with Gasteiger partial charge in [-0.2, -0.15) is 4.98 Å². The van der Waals surface area contributed by atoms with Crippen molar-refractivity contribution >= 4 is 27.7 Å². The summed E-state index contributed by atoms with van der Waals surface area (Å²) in [7, 11) is -3.18. The summed E-state index contributed by atoms with van der Waals surface area (Å²) in [6, 6.07) is 0.0169. The molecular formula is C21H33N5O5S. The largest absolute Gasteiger partial charge is 0.472 e. The second kappa shape index (κ2) is 8.42. The van der Waals surface area contributed by atoms with Gasteiger partial charge >= 0.3 is 0 Å². The maximum absolute atomic E-state index is 13.4. The van der Waals surface area contributed by atoms with Crippen LogP contribution in [0.25, 0.3) is 0 Å². The number of rotatable bonds is 4. The van der Waals surface area contributed by atoms with Crippen molar-refractivity contribution in [1.29, 1.82) is 0 Å². The Morgan fingerprint density at radius 1 is 1.16 bits per heavy atom. The molecule has 11 heteroatoms. The first-order valence-electron chi connectivity index (χ1n) is 11.2. The zero-order valence-electron chi connectivity index (χ0n) is 19.4. The number of nitrogens with zero attached hydrogens (tertiary/aromatic N) is 4. The molecule has 4 rings (SSSR count). The van der Waals surface area contributed by atoms with E-state index in [0.29, 0.717) is 43.4 Å². The molecule has 0 saturated carbocycles. The van der Waals surface area contributed by atoms with E-state index in [4.69, 9.17) is 9.47 Å².